The third-order valence-electron chi connectivity index (χ3n) is 1.64. The minimum Gasteiger partial charge on any atom is -0.452 e. The van der Waals surface area contributed by atoms with Crippen molar-refractivity contribution in [3.63, 3.8) is 0 Å². The lowest BCUT2D eigenvalue weighted by atomic mass is 10.4. The molecule has 1 heterocycles. The minimum absolute atomic E-state index is 0. The molecule has 0 bridgehead atoms. The third kappa shape index (κ3) is 1.96. The number of hydrogen-bond donors (Lipinski definition) is 0. The lowest BCUT2D eigenvalue weighted by molar-refractivity contribution is 0.147. The van der Waals surface area contributed by atoms with Crippen molar-refractivity contribution in [2.45, 2.75) is 27.3 Å². The van der Waals surface area contributed by atoms with Crippen molar-refractivity contribution in [2.75, 3.05) is 13.7 Å². The molecule has 0 saturated heterocycles. The molecule has 1 amide bonds. The van der Waals surface area contributed by atoms with Crippen LogP contribution in [0.1, 0.15) is 21.3 Å². The quantitative estimate of drug-likeness (QED) is 0.555. The summed E-state index contributed by atoms with van der Waals surface area (Å²) in [6.07, 6.45) is -0.324. The topological polar surface area (TPSA) is 41.9 Å². The smallest absolute Gasteiger partial charge is 0.414 e. The predicted molar refractivity (Wildman–Crippen MR) is 48.4 cm³/mol. The molecule has 0 aromatic heterocycles. The number of aliphatic imine (C=N–C) groups is 1. The Morgan fingerprint density at radius 3 is 2.67 bits per heavy atom. The number of methoxy groups -OCH3 is 1. The van der Waals surface area contributed by atoms with E-state index in [9.17, 15) is 4.79 Å². The predicted octanol–water partition coefficient (Wildman–Crippen LogP) is 1.51. The number of nitrogens with zero attached hydrogens (tertiary/aromatic N) is 2. The molecule has 0 aliphatic carbocycles. The van der Waals surface area contributed by atoms with Gasteiger partial charge in [-0.15, -0.1) is 0 Å². The van der Waals surface area contributed by atoms with Crippen LogP contribution in [0.3, 0.4) is 0 Å². The highest BCUT2D eigenvalue weighted by atomic mass is 16.5. The maximum absolute atomic E-state index is 11.0. The average molecular weight is 172 g/mol. The van der Waals surface area contributed by atoms with Gasteiger partial charge in [0, 0.05) is 0 Å². The van der Waals surface area contributed by atoms with Crippen molar-refractivity contribution in [1.29, 1.82) is 0 Å². The number of amidine groups is 1. The summed E-state index contributed by atoms with van der Waals surface area (Å²) in [5.41, 5.74) is 0. The first-order chi connectivity index (χ1) is 5.15. The first kappa shape index (κ1) is 10.9. The van der Waals surface area contributed by atoms with E-state index in [0.717, 1.165) is 5.84 Å². The number of hydrogen-bond acceptors (Lipinski definition) is 3. The fourth-order valence-corrected chi connectivity index (χ4v) is 1.14. The van der Waals surface area contributed by atoms with Crippen molar-refractivity contribution in [3.8, 4) is 0 Å². The van der Waals surface area contributed by atoms with Gasteiger partial charge in [-0.05, 0) is 13.8 Å². The molecule has 70 valence electrons. The summed E-state index contributed by atoms with van der Waals surface area (Å²) < 4.78 is 4.56. The summed E-state index contributed by atoms with van der Waals surface area (Å²) in [5, 5.41) is 0. The van der Waals surface area contributed by atoms with Crippen molar-refractivity contribution in [3.05, 3.63) is 0 Å². The number of carbonyl (C=O) groups excluding carboxylic acids is 1. The zero-order valence-electron chi connectivity index (χ0n) is 7.00. The van der Waals surface area contributed by atoms with E-state index in [1.165, 1.54) is 12.0 Å². The van der Waals surface area contributed by atoms with Crippen LogP contribution >= 0.6 is 0 Å². The summed E-state index contributed by atoms with van der Waals surface area (Å²) in [6, 6.07) is 0.203. The summed E-state index contributed by atoms with van der Waals surface area (Å²) in [4.78, 5) is 16.7. The summed E-state index contributed by atoms with van der Waals surface area (Å²) >= 11 is 0. The Hall–Kier alpha value is -1.06. The average Bonchev–Trinajstić information content (AvgIpc) is 2.28. The van der Waals surface area contributed by atoms with E-state index in [0.29, 0.717) is 6.54 Å². The van der Waals surface area contributed by atoms with Crippen molar-refractivity contribution >= 4 is 11.9 Å². The van der Waals surface area contributed by atoms with Crippen LogP contribution in [-0.2, 0) is 4.74 Å². The van der Waals surface area contributed by atoms with Crippen LogP contribution < -0.4 is 0 Å². The number of rotatable bonds is 0. The molecule has 4 heteroatoms. The highest BCUT2D eigenvalue weighted by Crippen LogP contribution is 2.08. The van der Waals surface area contributed by atoms with Gasteiger partial charge >= 0.3 is 6.09 Å². The SMILES string of the molecule is C.COC(=O)N1CC(C)N=C1C. The molecule has 0 radical (unpaired) electrons. The fourth-order valence-electron chi connectivity index (χ4n) is 1.14. The Morgan fingerprint density at radius 2 is 2.33 bits per heavy atom. The van der Waals surface area contributed by atoms with E-state index in [1.807, 2.05) is 6.92 Å². The Kier molecular flexibility index (Phi) is 3.73. The van der Waals surface area contributed by atoms with Gasteiger partial charge in [0.25, 0.3) is 0 Å². The molecule has 1 aliphatic heterocycles. The van der Waals surface area contributed by atoms with Crippen molar-refractivity contribution in [1.82, 2.24) is 4.90 Å². The Bertz CT molecular complexity index is 201. The van der Waals surface area contributed by atoms with Crippen LogP contribution in [0.15, 0.2) is 4.99 Å². The van der Waals surface area contributed by atoms with Crippen LogP contribution in [0, 0.1) is 0 Å². The number of ether oxygens (including phenoxy) is 1. The molecule has 0 aromatic carbocycles. The van der Waals surface area contributed by atoms with Gasteiger partial charge in [-0.25, -0.2) is 4.79 Å². The van der Waals surface area contributed by atoms with E-state index in [-0.39, 0.29) is 19.6 Å². The number of amides is 1. The van der Waals surface area contributed by atoms with E-state index in [2.05, 4.69) is 9.73 Å². The molecule has 1 aliphatic rings. The zero-order chi connectivity index (χ0) is 8.43. The Morgan fingerprint density at radius 1 is 1.75 bits per heavy atom. The summed E-state index contributed by atoms with van der Waals surface area (Å²) in [6.45, 7) is 4.41. The van der Waals surface area contributed by atoms with Gasteiger partial charge in [0.15, 0.2) is 0 Å². The van der Waals surface area contributed by atoms with Gasteiger partial charge in [0.1, 0.15) is 5.84 Å². The zero-order valence-corrected chi connectivity index (χ0v) is 7.00. The van der Waals surface area contributed by atoms with Crippen LogP contribution in [0.4, 0.5) is 4.79 Å². The second-order valence-corrected chi connectivity index (χ2v) is 2.61. The van der Waals surface area contributed by atoms with Crippen LogP contribution in [0.5, 0.6) is 0 Å². The first-order valence-corrected chi connectivity index (χ1v) is 3.55. The fraction of sp³-hybridized carbons (Fsp3) is 0.750. The second-order valence-electron chi connectivity index (χ2n) is 2.61. The molecule has 1 atom stereocenters. The monoisotopic (exact) mass is 172 g/mol. The van der Waals surface area contributed by atoms with E-state index >= 15 is 0 Å². The maximum atomic E-state index is 11.0. The van der Waals surface area contributed by atoms with E-state index < -0.39 is 0 Å². The third-order valence-corrected chi connectivity index (χ3v) is 1.64. The van der Waals surface area contributed by atoms with Gasteiger partial charge < -0.3 is 4.74 Å². The van der Waals surface area contributed by atoms with Crippen LogP contribution in [0.25, 0.3) is 0 Å². The highest BCUT2D eigenvalue weighted by molar-refractivity contribution is 5.95. The molecule has 0 aromatic rings. The van der Waals surface area contributed by atoms with Crippen LogP contribution in [0.2, 0.25) is 0 Å². The molecule has 0 fully saturated rings. The molecule has 1 rings (SSSR count). The van der Waals surface area contributed by atoms with Crippen LogP contribution in [-0.4, -0.2) is 36.5 Å². The molecule has 0 spiro atoms. The standard InChI is InChI=1S/C7H12N2O2.CH4/c1-5-4-9(6(2)8-5)7(10)11-3;/h5H,4H2,1-3H3;1H4. The second kappa shape index (κ2) is 4.09. The Labute approximate surface area is 73.2 Å². The molecule has 0 N–H and O–H groups in total. The lowest BCUT2D eigenvalue weighted by Crippen LogP contribution is -2.33. The number of carbonyl (C=O) groups is 1. The molecule has 12 heavy (non-hydrogen) atoms. The minimum atomic E-state index is -0.324. The van der Waals surface area contributed by atoms with Crippen molar-refractivity contribution < 1.29 is 9.53 Å². The van der Waals surface area contributed by atoms with E-state index in [4.69, 9.17) is 0 Å². The van der Waals surface area contributed by atoms with Gasteiger partial charge in [-0.1, -0.05) is 7.43 Å². The molecule has 1 unspecified atom stereocenters. The first-order valence-electron chi connectivity index (χ1n) is 3.55. The van der Waals surface area contributed by atoms with E-state index in [1.54, 1.807) is 6.92 Å². The highest BCUT2D eigenvalue weighted by Gasteiger charge is 2.24. The Balaban J connectivity index is 0.00000121. The van der Waals surface area contributed by atoms with Gasteiger partial charge in [0.05, 0.1) is 19.7 Å². The van der Waals surface area contributed by atoms with Gasteiger partial charge in [-0.3, -0.25) is 9.89 Å². The largest absolute Gasteiger partial charge is 0.452 e. The van der Waals surface area contributed by atoms with Gasteiger partial charge in [-0.2, -0.15) is 0 Å². The molecular weight excluding hydrogens is 156 g/mol. The molecular formula is C8H16N2O2. The maximum Gasteiger partial charge on any atom is 0.414 e. The summed E-state index contributed by atoms with van der Waals surface area (Å²) in [5.74, 6) is 0.740. The lowest BCUT2D eigenvalue weighted by Gasteiger charge is -2.13. The normalized spacial score (nSPS) is 21.4. The van der Waals surface area contributed by atoms with Crippen molar-refractivity contribution in [2.24, 2.45) is 4.99 Å². The summed E-state index contributed by atoms with van der Waals surface area (Å²) in [7, 11) is 1.37. The molecule has 4 nitrogen and oxygen atoms in total. The molecule has 0 saturated carbocycles. The van der Waals surface area contributed by atoms with Gasteiger partial charge in [0.2, 0.25) is 0 Å².